The minimum Gasteiger partial charge on any atom is -0.482 e. The summed E-state index contributed by atoms with van der Waals surface area (Å²) < 4.78 is 5.38. The maximum absolute atomic E-state index is 11.7. The molecule has 1 aromatic heterocycles. The molecule has 2 rings (SSSR count). The van der Waals surface area contributed by atoms with Crippen LogP contribution in [0.25, 0.3) is 0 Å². The van der Waals surface area contributed by atoms with Crippen LogP contribution in [0.1, 0.15) is 23.3 Å². The van der Waals surface area contributed by atoms with E-state index >= 15 is 0 Å². The van der Waals surface area contributed by atoms with Gasteiger partial charge in [0.2, 0.25) is 5.75 Å². The number of hydrogen-bond donors (Lipinski definition) is 0. The second-order valence-corrected chi connectivity index (χ2v) is 4.31. The van der Waals surface area contributed by atoms with Crippen molar-refractivity contribution in [3.63, 3.8) is 0 Å². The van der Waals surface area contributed by atoms with Crippen LogP contribution >= 0.6 is 0 Å². The molecule has 1 fully saturated rings. The minimum absolute atomic E-state index is 0.0369. The molecule has 0 atom stereocenters. The van der Waals surface area contributed by atoms with Crippen LogP contribution < -0.4 is 4.74 Å². The van der Waals surface area contributed by atoms with E-state index in [0.717, 1.165) is 18.9 Å². The van der Waals surface area contributed by atoms with Crippen molar-refractivity contribution in [3.05, 3.63) is 28.1 Å². The number of nitro groups is 1. The number of rotatable bonds is 4. The van der Waals surface area contributed by atoms with Crippen LogP contribution in [0.3, 0.4) is 0 Å². The van der Waals surface area contributed by atoms with Crippen molar-refractivity contribution in [3.8, 4) is 5.75 Å². The van der Waals surface area contributed by atoms with E-state index in [9.17, 15) is 14.9 Å². The Kier molecular flexibility index (Phi) is 3.14. The summed E-state index contributed by atoms with van der Waals surface area (Å²) >= 11 is 0. The van der Waals surface area contributed by atoms with Gasteiger partial charge in [0.05, 0.1) is 23.3 Å². The first-order valence-electron chi connectivity index (χ1n) is 5.52. The second-order valence-electron chi connectivity index (χ2n) is 4.31. The molecule has 0 bridgehead atoms. The number of ether oxygens (including phenoxy) is 1. The van der Waals surface area contributed by atoms with Gasteiger partial charge in [-0.05, 0) is 12.8 Å². The fourth-order valence-corrected chi connectivity index (χ4v) is 1.38. The molecule has 1 heterocycles. The fraction of sp³-hybridized carbons (Fsp3) is 0.455. The van der Waals surface area contributed by atoms with Crippen molar-refractivity contribution in [1.29, 1.82) is 0 Å². The van der Waals surface area contributed by atoms with Gasteiger partial charge in [0, 0.05) is 14.1 Å². The van der Waals surface area contributed by atoms with Gasteiger partial charge < -0.3 is 9.64 Å². The van der Waals surface area contributed by atoms with Gasteiger partial charge in [-0.3, -0.25) is 14.9 Å². The molecule has 7 heteroatoms. The predicted molar refractivity (Wildman–Crippen MR) is 62.6 cm³/mol. The Hall–Kier alpha value is -2.18. The Balaban J connectivity index is 2.32. The molecule has 0 N–H and O–H groups in total. The van der Waals surface area contributed by atoms with Crippen molar-refractivity contribution in [2.75, 3.05) is 14.1 Å². The summed E-state index contributed by atoms with van der Waals surface area (Å²) in [5.41, 5.74) is -0.183. The third kappa shape index (κ3) is 2.55. The molecule has 7 nitrogen and oxygen atoms in total. The predicted octanol–water partition coefficient (Wildman–Crippen LogP) is 1.23. The normalized spacial score (nSPS) is 14.1. The highest BCUT2D eigenvalue weighted by molar-refractivity contribution is 5.92. The lowest BCUT2D eigenvalue weighted by Crippen LogP contribution is -2.22. The third-order valence-electron chi connectivity index (χ3n) is 2.49. The third-order valence-corrected chi connectivity index (χ3v) is 2.49. The van der Waals surface area contributed by atoms with Gasteiger partial charge in [0.1, 0.15) is 5.69 Å². The first-order chi connectivity index (χ1) is 8.49. The van der Waals surface area contributed by atoms with Crippen LogP contribution in [-0.4, -0.2) is 40.9 Å². The van der Waals surface area contributed by atoms with Gasteiger partial charge in [0.25, 0.3) is 5.91 Å². The van der Waals surface area contributed by atoms with E-state index in [1.807, 2.05) is 0 Å². The summed E-state index contributed by atoms with van der Waals surface area (Å²) in [6.45, 7) is 0. The van der Waals surface area contributed by atoms with E-state index in [0.29, 0.717) is 0 Å². The van der Waals surface area contributed by atoms with Crippen LogP contribution in [0.15, 0.2) is 12.3 Å². The highest BCUT2D eigenvalue weighted by Crippen LogP contribution is 2.33. The lowest BCUT2D eigenvalue weighted by Gasteiger charge is -2.10. The van der Waals surface area contributed by atoms with Gasteiger partial charge in [-0.25, -0.2) is 4.98 Å². The second kappa shape index (κ2) is 4.59. The quantitative estimate of drug-likeness (QED) is 0.593. The molecule has 1 aliphatic rings. The van der Waals surface area contributed by atoms with Crippen LogP contribution in [0.2, 0.25) is 0 Å². The number of pyridine rings is 1. The average molecular weight is 251 g/mol. The zero-order chi connectivity index (χ0) is 13.3. The van der Waals surface area contributed by atoms with Gasteiger partial charge in [0.15, 0.2) is 0 Å². The van der Waals surface area contributed by atoms with Crippen molar-refractivity contribution < 1.29 is 14.5 Å². The maximum Gasteiger partial charge on any atom is 0.314 e. The highest BCUT2D eigenvalue weighted by Gasteiger charge is 2.28. The monoisotopic (exact) mass is 251 g/mol. The highest BCUT2D eigenvalue weighted by atomic mass is 16.6. The molecule has 0 saturated heterocycles. The largest absolute Gasteiger partial charge is 0.482 e. The molecule has 1 amide bonds. The lowest BCUT2D eigenvalue weighted by molar-refractivity contribution is -0.386. The summed E-state index contributed by atoms with van der Waals surface area (Å²) in [6.07, 6.45) is 3.08. The molecule has 1 saturated carbocycles. The number of amides is 1. The average Bonchev–Trinajstić information content (AvgIpc) is 3.12. The molecule has 0 spiro atoms. The first-order valence-corrected chi connectivity index (χ1v) is 5.52. The van der Waals surface area contributed by atoms with Crippen molar-refractivity contribution in [1.82, 2.24) is 9.88 Å². The maximum atomic E-state index is 11.7. The smallest absolute Gasteiger partial charge is 0.314 e. The Labute approximate surface area is 104 Å². The fourth-order valence-electron chi connectivity index (χ4n) is 1.38. The number of hydrogen-bond acceptors (Lipinski definition) is 5. The Morgan fingerprint density at radius 2 is 2.22 bits per heavy atom. The summed E-state index contributed by atoms with van der Waals surface area (Å²) in [4.78, 5) is 27.3. The molecule has 0 aliphatic heterocycles. The van der Waals surface area contributed by atoms with Crippen molar-refractivity contribution in [2.24, 2.45) is 0 Å². The molecule has 18 heavy (non-hydrogen) atoms. The molecule has 0 unspecified atom stereocenters. The SMILES string of the molecule is CN(C)C(=O)c1cc([N+](=O)[O-])c(OC2CC2)cn1. The summed E-state index contributed by atoms with van der Waals surface area (Å²) in [5, 5.41) is 10.9. The van der Waals surface area contributed by atoms with Crippen LogP contribution in [0.5, 0.6) is 5.75 Å². The van der Waals surface area contributed by atoms with E-state index in [4.69, 9.17) is 4.74 Å². The van der Waals surface area contributed by atoms with Crippen LogP contribution in [0.4, 0.5) is 5.69 Å². The van der Waals surface area contributed by atoms with Crippen molar-refractivity contribution in [2.45, 2.75) is 18.9 Å². The Morgan fingerprint density at radius 1 is 1.56 bits per heavy atom. The van der Waals surface area contributed by atoms with Crippen molar-refractivity contribution >= 4 is 11.6 Å². The Morgan fingerprint density at radius 3 is 2.72 bits per heavy atom. The number of nitrogens with zero attached hydrogens (tertiary/aromatic N) is 3. The molecule has 0 aromatic carbocycles. The zero-order valence-electron chi connectivity index (χ0n) is 10.1. The minimum atomic E-state index is -0.564. The van der Waals surface area contributed by atoms with Crippen LogP contribution in [-0.2, 0) is 0 Å². The molecular formula is C11H13N3O4. The van der Waals surface area contributed by atoms with E-state index < -0.39 is 4.92 Å². The number of carbonyl (C=O) groups is 1. The van der Waals surface area contributed by atoms with Gasteiger partial charge >= 0.3 is 5.69 Å². The molecule has 1 aliphatic carbocycles. The molecular weight excluding hydrogens is 238 g/mol. The van der Waals surface area contributed by atoms with Crippen LogP contribution in [0, 0.1) is 10.1 Å². The lowest BCUT2D eigenvalue weighted by atomic mass is 10.3. The topological polar surface area (TPSA) is 85.6 Å². The van der Waals surface area contributed by atoms with Gasteiger partial charge in [-0.1, -0.05) is 0 Å². The molecule has 0 radical (unpaired) electrons. The van der Waals surface area contributed by atoms with E-state index in [1.165, 1.54) is 11.1 Å². The van der Waals surface area contributed by atoms with Gasteiger partial charge in [-0.15, -0.1) is 0 Å². The summed E-state index contributed by atoms with van der Waals surface area (Å²) in [6, 6.07) is 1.15. The summed E-state index contributed by atoms with van der Waals surface area (Å²) in [5.74, 6) is -0.256. The van der Waals surface area contributed by atoms with E-state index in [2.05, 4.69) is 4.98 Å². The number of carbonyl (C=O) groups excluding carboxylic acids is 1. The number of aromatic nitrogens is 1. The molecule has 1 aromatic rings. The first kappa shape index (κ1) is 12.3. The van der Waals surface area contributed by atoms with E-state index in [1.54, 1.807) is 14.1 Å². The van der Waals surface area contributed by atoms with E-state index in [-0.39, 0.29) is 29.1 Å². The summed E-state index contributed by atoms with van der Waals surface area (Å²) in [7, 11) is 3.12. The zero-order valence-corrected chi connectivity index (χ0v) is 10.1. The van der Waals surface area contributed by atoms with Gasteiger partial charge in [-0.2, -0.15) is 0 Å². The standard InChI is InChI=1S/C11H13N3O4/c1-13(2)11(15)8-5-9(14(16)17)10(6-12-8)18-7-3-4-7/h5-7H,3-4H2,1-2H3. The molecule has 96 valence electrons. The Bertz CT molecular complexity index is 497.